The number of Topliss-reactive ketones (excluding diaryl/α,β-unsaturated/α-hetero) is 1. The summed E-state index contributed by atoms with van der Waals surface area (Å²) in [6.07, 6.45) is 2.20. The molecule has 0 aliphatic rings. The van der Waals surface area contributed by atoms with Gasteiger partial charge in [0, 0.05) is 18.9 Å². The Balaban J connectivity index is 3.47. The molecule has 0 spiro atoms. The average molecular weight is 187 g/mol. The molecule has 0 saturated carbocycles. The number of ketones is 1. The highest BCUT2D eigenvalue weighted by Crippen LogP contribution is 2.00. The lowest BCUT2D eigenvalue weighted by atomic mass is 10.1. The average Bonchev–Trinajstić information content (AvgIpc) is 2.15. The number of hydrogen-bond donors (Lipinski definition) is 1. The summed E-state index contributed by atoms with van der Waals surface area (Å²) in [5.74, 6) is 0.324. The van der Waals surface area contributed by atoms with E-state index in [0.29, 0.717) is 18.6 Å². The fourth-order valence-corrected chi connectivity index (χ4v) is 1.06. The van der Waals surface area contributed by atoms with Crippen LogP contribution in [0.4, 0.5) is 0 Å². The minimum absolute atomic E-state index is 0.179. The van der Waals surface area contributed by atoms with Crippen LogP contribution in [0.25, 0.3) is 0 Å². The highest BCUT2D eigenvalue weighted by atomic mass is 16.3. The van der Waals surface area contributed by atoms with Crippen molar-refractivity contribution in [2.45, 2.75) is 39.2 Å². The van der Waals surface area contributed by atoms with E-state index in [1.165, 1.54) is 0 Å². The van der Waals surface area contributed by atoms with Crippen molar-refractivity contribution in [2.24, 2.45) is 0 Å². The molecule has 1 N–H and O–H groups in total. The molecule has 3 nitrogen and oxygen atoms in total. The molecule has 1 unspecified atom stereocenters. The Hall–Kier alpha value is -0.410. The highest BCUT2D eigenvalue weighted by molar-refractivity contribution is 5.77. The first-order chi connectivity index (χ1) is 6.11. The first kappa shape index (κ1) is 12.6. The maximum atomic E-state index is 11.0. The van der Waals surface area contributed by atoms with Crippen LogP contribution in [0.15, 0.2) is 0 Å². The van der Waals surface area contributed by atoms with Gasteiger partial charge >= 0.3 is 0 Å². The van der Waals surface area contributed by atoms with E-state index in [9.17, 15) is 4.79 Å². The van der Waals surface area contributed by atoms with E-state index in [4.69, 9.17) is 5.11 Å². The standard InChI is InChI=1S/C10H21NO2/c1-4-10(13)6-5-7-11(3)9(2)8-12/h9,12H,4-8H2,1-3H3. The van der Waals surface area contributed by atoms with Crippen molar-refractivity contribution < 1.29 is 9.90 Å². The van der Waals surface area contributed by atoms with Crippen LogP contribution in [-0.4, -0.2) is 42.0 Å². The monoisotopic (exact) mass is 187 g/mol. The van der Waals surface area contributed by atoms with Crippen molar-refractivity contribution in [3.05, 3.63) is 0 Å². The van der Waals surface area contributed by atoms with E-state index < -0.39 is 0 Å². The van der Waals surface area contributed by atoms with Crippen LogP contribution in [0.2, 0.25) is 0 Å². The van der Waals surface area contributed by atoms with Crippen molar-refractivity contribution in [1.82, 2.24) is 4.90 Å². The maximum Gasteiger partial charge on any atom is 0.132 e. The molecule has 0 bridgehead atoms. The molecule has 0 saturated heterocycles. The molecule has 1 atom stereocenters. The predicted octanol–water partition coefficient (Wildman–Crippen LogP) is 1.06. The van der Waals surface area contributed by atoms with Crippen molar-refractivity contribution in [3.8, 4) is 0 Å². The Morgan fingerprint density at radius 1 is 1.54 bits per heavy atom. The molecule has 0 aromatic heterocycles. The first-order valence-electron chi connectivity index (χ1n) is 4.94. The lowest BCUT2D eigenvalue weighted by Crippen LogP contribution is -2.32. The predicted molar refractivity (Wildman–Crippen MR) is 53.7 cm³/mol. The molecule has 0 radical (unpaired) electrons. The summed E-state index contributed by atoms with van der Waals surface area (Å²) in [7, 11) is 1.97. The van der Waals surface area contributed by atoms with Crippen LogP contribution in [0.1, 0.15) is 33.1 Å². The zero-order valence-corrected chi connectivity index (χ0v) is 8.92. The summed E-state index contributed by atoms with van der Waals surface area (Å²) in [6.45, 7) is 4.93. The van der Waals surface area contributed by atoms with Gasteiger partial charge in [0.15, 0.2) is 0 Å². The number of aliphatic hydroxyl groups is 1. The Morgan fingerprint density at radius 3 is 2.62 bits per heavy atom. The van der Waals surface area contributed by atoms with E-state index in [-0.39, 0.29) is 12.6 Å². The molecule has 0 heterocycles. The lowest BCUT2D eigenvalue weighted by molar-refractivity contribution is -0.118. The molecule has 0 fully saturated rings. The molecule has 0 aromatic rings. The number of carbonyl (C=O) groups excluding carboxylic acids is 1. The first-order valence-corrected chi connectivity index (χ1v) is 4.94. The van der Waals surface area contributed by atoms with Gasteiger partial charge in [0.05, 0.1) is 6.61 Å². The Bertz CT molecular complexity index is 148. The molecule has 0 aromatic carbocycles. The van der Waals surface area contributed by atoms with Crippen LogP contribution >= 0.6 is 0 Å². The van der Waals surface area contributed by atoms with Crippen molar-refractivity contribution >= 4 is 5.78 Å². The normalized spacial score (nSPS) is 13.3. The lowest BCUT2D eigenvalue weighted by Gasteiger charge is -2.22. The second-order valence-corrected chi connectivity index (χ2v) is 3.51. The molecule has 0 rings (SSSR count). The van der Waals surface area contributed by atoms with E-state index in [2.05, 4.69) is 4.90 Å². The molecular formula is C10H21NO2. The molecule has 0 aliphatic heterocycles. The van der Waals surface area contributed by atoms with Crippen LogP contribution in [0.5, 0.6) is 0 Å². The van der Waals surface area contributed by atoms with E-state index in [0.717, 1.165) is 13.0 Å². The van der Waals surface area contributed by atoms with Gasteiger partial charge in [-0.25, -0.2) is 0 Å². The van der Waals surface area contributed by atoms with Gasteiger partial charge in [-0.2, -0.15) is 0 Å². The molecule has 78 valence electrons. The van der Waals surface area contributed by atoms with Gasteiger partial charge in [0.1, 0.15) is 5.78 Å². The Morgan fingerprint density at radius 2 is 2.15 bits per heavy atom. The fraction of sp³-hybridized carbons (Fsp3) is 0.900. The number of nitrogens with zero attached hydrogens (tertiary/aromatic N) is 1. The van der Waals surface area contributed by atoms with Crippen LogP contribution in [0, 0.1) is 0 Å². The van der Waals surface area contributed by atoms with Gasteiger partial charge in [-0.3, -0.25) is 4.79 Å². The third kappa shape index (κ3) is 5.77. The summed E-state index contributed by atoms with van der Waals surface area (Å²) in [5, 5.41) is 8.85. The molecule has 0 amide bonds. The summed E-state index contributed by atoms with van der Waals surface area (Å²) in [5.41, 5.74) is 0. The SMILES string of the molecule is CCC(=O)CCCN(C)C(C)CO. The van der Waals surface area contributed by atoms with Crippen molar-refractivity contribution in [1.29, 1.82) is 0 Å². The quantitative estimate of drug-likeness (QED) is 0.648. The Kier molecular flexibility index (Phi) is 6.82. The number of carbonyl (C=O) groups is 1. The number of likely N-dealkylation sites (N-methyl/N-ethyl adjacent to an activating group) is 1. The fourth-order valence-electron chi connectivity index (χ4n) is 1.06. The summed E-state index contributed by atoms with van der Waals surface area (Å²) in [6, 6.07) is 0.191. The highest BCUT2D eigenvalue weighted by Gasteiger charge is 2.07. The smallest absolute Gasteiger partial charge is 0.132 e. The number of hydrogen-bond acceptors (Lipinski definition) is 3. The third-order valence-electron chi connectivity index (χ3n) is 2.38. The van der Waals surface area contributed by atoms with Crippen LogP contribution in [-0.2, 0) is 4.79 Å². The maximum absolute atomic E-state index is 11.0. The van der Waals surface area contributed by atoms with Gasteiger partial charge in [-0.1, -0.05) is 6.92 Å². The topological polar surface area (TPSA) is 40.5 Å². The molecule has 0 aliphatic carbocycles. The van der Waals surface area contributed by atoms with E-state index in [1.54, 1.807) is 0 Å². The van der Waals surface area contributed by atoms with Crippen molar-refractivity contribution in [2.75, 3.05) is 20.2 Å². The van der Waals surface area contributed by atoms with Gasteiger partial charge in [-0.15, -0.1) is 0 Å². The second kappa shape index (κ2) is 7.04. The van der Waals surface area contributed by atoms with Gasteiger partial charge in [0.25, 0.3) is 0 Å². The van der Waals surface area contributed by atoms with Gasteiger partial charge in [-0.05, 0) is 26.9 Å². The third-order valence-corrected chi connectivity index (χ3v) is 2.38. The van der Waals surface area contributed by atoms with E-state index >= 15 is 0 Å². The summed E-state index contributed by atoms with van der Waals surface area (Å²) >= 11 is 0. The van der Waals surface area contributed by atoms with Crippen LogP contribution in [0.3, 0.4) is 0 Å². The molecule has 13 heavy (non-hydrogen) atoms. The number of rotatable bonds is 7. The Labute approximate surface area is 80.7 Å². The van der Waals surface area contributed by atoms with Crippen molar-refractivity contribution in [3.63, 3.8) is 0 Å². The van der Waals surface area contributed by atoms with E-state index in [1.807, 2.05) is 20.9 Å². The summed E-state index contributed by atoms with van der Waals surface area (Å²) < 4.78 is 0. The van der Waals surface area contributed by atoms with Gasteiger partial charge in [0.2, 0.25) is 0 Å². The summed E-state index contributed by atoms with van der Waals surface area (Å²) in [4.78, 5) is 13.0. The zero-order valence-electron chi connectivity index (χ0n) is 8.92. The minimum Gasteiger partial charge on any atom is -0.395 e. The molecular weight excluding hydrogens is 166 g/mol. The second-order valence-electron chi connectivity index (χ2n) is 3.51. The van der Waals surface area contributed by atoms with Gasteiger partial charge < -0.3 is 10.0 Å². The zero-order chi connectivity index (χ0) is 10.3. The van der Waals surface area contributed by atoms with Crippen LogP contribution < -0.4 is 0 Å². The minimum atomic E-state index is 0.179. The number of aliphatic hydroxyl groups excluding tert-OH is 1. The largest absolute Gasteiger partial charge is 0.395 e. The molecule has 3 heteroatoms.